The maximum atomic E-state index is 13.9. The maximum absolute atomic E-state index is 13.9. The van der Waals surface area contributed by atoms with Gasteiger partial charge in [-0.3, -0.25) is 4.98 Å². The molecule has 0 saturated carbocycles. The molecule has 0 aliphatic carbocycles. The Bertz CT molecular complexity index is 1100. The van der Waals surface area contributed by atoms with Gasteiger partial charge in [0.1, 0.15) is 47.1 Å². The summed E-state index contributed by atoms with van der Waals surface area (Å²) in [4.78, 5) is 4.59. The summed E-state index contributed by atoms with van der Waals surface area (Å²) in [6.45, 7) is -0.514. The number of rotatable bonds is 5. The van der Waals surface area contributed by atoms with E-state index in [1.54, 1.807) is 6.07 Å². The number of ether oxygens (including phenoxy) is 1. The summed E-state index contributed by atoms with van der Waals surface area (Å²) in [5.41, 5.74) is -0.652. The molecule has 3 aromatic rings. The van der Waals surface area contributed by atoms with Crippen LogP contribution in [0.5, 0.6) is 0 Å². The van der Waals surface area contributed by atoms with E-state index in [9.17, 15) is 24.1 Å². The summed E-state index contributed by atoms with van der Waals surface area (Å²) >= 11 is 9.88. The number of hydrogen-bond donors (Lipinski definition) is 3. The second kappa shape index (κ2) is 9.67. The van der Waals surface area contributed by atoms with Gasteiger partial charge in [0.05, 0.1) is 22.3 Å². The topological polar surface area (TPSA) is 114 Å². The van der Waals surface area contributed by atoms with Gasteiger partial charge in [0.15, 0.2) is 0 Å². The van der Waals surface area contributed by atoms with Crippen molar-refractivity contribution in [1.29, 1.82) is 0 Å². The lowest BCUT2D eigenvalue weighted by molar-refractivity contribution is -0.178. The third-order valence-electron chi connectivity index (χ3n) is 4.88. The standard InChI is InChI=1S/C19H16BrClF2N4O4S/c20-15-11(22)1-8(2-12(15)23)13-6-27(26-25-13)16-17(29)14(7-28)31-19(18(16)30)32-10-3-9(21)4-24-5-10/h1-6,14,16-19,28-30H,7H2/t14-,16+,17+,18-,19-/m1/s1. The molecular weight excluding hydrogens is 534 g/mol. The highest BCUT2D eigenvalue weighted by atomic mass is 79.9. The highest BCUT2D eigenvalue weighted by molar-refractivity contribution is 9.10. The van der Waals surface area contributed by atoms with E-state index in [1.807, 2.05) is 0 Å². The van der Waals surface area contributed by atoms with Crippen molar-refractivity contribution in [2.24, 2.45) is 0 Å². The molecule has 2 aromatic heterocycles. The fraction of sp³-hybridized carbons (Fsp3) is 0.316. The van der Waals surface area contributed by atoms with Crippen molar-refractivity contribution >= 4 is 39.3 Å². The zero-order valence-electron chi connectivity index (χ0n) is 16.0. The lowest BCUT2D eigenvalue weighted by atomic mass is 9.97. The summed E-state index contributed by atoms with van der Waals surface area (Å²) in [6, 6.07) is 2.74. The first kappa shape index (κ1) is 23.5. The summed E-state index contributed by atoms with van der Waals surface area (Å²) in [5.74, 6) is -1.62. The van der Waals surface area contributed by atoms with E-state index >= 15 is 0 Å². The summed E-state index contributed by atoms with van der Waals surface area (Å²) in [6.07, 6.45) is 0.689. The van der Waals surface area contributed by atoms with Gasteiger partial charge in [0.25, 0.3) is 0 Å². The van der Waals surface area contributed by atoms with Gasteiger partial charge in [-0.05, 0) is 34.1 Å². The Labute approximate surface area is 198 Å². The smallest absolute Gasteiger partial charge is 0.141 e. The number of aromatic nitrogens is 4. The largest absolute Gasteiger partial charge is 0.394 e. The van der Waals surface area contributed by atoms with Crippen LogP contribution in [-0.4, -0.2) is 65.7 Å². The lowest BCUT2D eigenvalue weighted by Gasteiger charge is -2.41. The predicted molar refractivity (Wildman–Crippen MR) is 115 cm³/mol. The molecular formula is C19H16BrClF2N4O4S. The molecule has 3 heterocycles. The fourth-order valence-electron chi connectivity index (χ4n) is 3.33. The van der Waals surface area contributed by atoms with Gasteiger partial charge < -0.3 is 20.1 Å². The van der Waals surface area contributed by atoms with E-state index in [-0.39, 0.29) is 15.7 Å². The first-order valence-electron chi connectivity index (χ1n) is 9.25. The summed E-state index contributed by atoms with van der Waals surface area (Å²) < 4.78 is 34.4. The van der Waals surface area contributed by atoms with Crippen LogP contribution in [0, 0.1) is 11.6 Å². The van der Waals surface area contributed by atoms with E-state index in [0.717, 1.165) is 23.9 Å². The van der Waals surface area contributed by atoms with Crippen molar-refractivity contribution in [2.45, 2.75) is 34.7 Å². The van der Waals surface area contributed by atoms with Gasteiger partial charge in [0, 0.05) is 22.9 Å². The third-order valence-corrected chi connectivity index (χ3v) is 6.96. The van der Waals surface area contributed by atoms with Gasteiger partial charge in [-0.1, -0.05) is 28.6 Å². The SMILES string of the molecule is OC[C@H]1O[C@H](Sc2cncc(Cl)c2)[C@H](O)[C@@H](n2cc(-c3cc(F)c(Br)c(F)c3)nn2)[C@H]1O. The number of aliphatic hydroxyl groups excluding tert-OH is 3. The number of thioether (sulfide) groups is 1. The first-order valence-corrected chi connectivity index (χ1v) is 11.3. The zero-order valence-corrected chi connectivity index (χ0v) is 19.2. The van der Waals surface area contributed by atoms with Crippen LogP contribution in [0.3, 0.4) is 0 Å². The van der Waals surface area contributed by atoms with E-state index in [4.69, 9.17) is 16.3 Å². The van der Waals surface area contributed by atoms with Gasteiger partial charge in [-0.25, -0.2) is 13.5 Å². The molecule has 3 N–H and O–H groups in total. The van der Waals surface area contributed by atoms with Crippen LogP contribution < -0.4 is 0 Å². The minimum absolute atomic E-state index is 0.125. The highest BCUT2D eigenvalue weighted by Crippen LogP contribution is 2.38. The van der Waals surface area contributed by atoms with E-state index in [0.29, 0.717) is 9.92 Å². The molecule has 0 unspecified atom stereocenters. The van der Waals surface area contributed by atoms with E-state index in [2.05, 4.69) is 31.2 Å². The fourth-order valence-corrected chi connectivity index (χ4v) is 4.88. The summed E-state index contributed by atoms with van der Waals surface area (Å²) in [7, 11) is 0. The third kappa shape index (κ3) is 4.67. The van der Waals surface area contributed by atoms with Crippen LogP contribution >= 0.6 is 39.3 Å². The Morgan fingerprint density at radius 3 is 2.53 bits per heavy atom. The van der Waals surface area contributed by atoms with Gasteiger partial charge >= 0.3 is 0 Å². The molecule has 13 heteroatoms. The van der Waals surface area contributed by atoms with Crippen molar-refractivity contribution < 1.29 is 28.8 Å². The zero-order chi connectivity index (χ0) is 23.0. The van der Waals surface area contributed by atoms with Crippen molar-refractivity contribution in [1.82, 2.24) is 20.0 Å². The predicted octanol–water partition coefficient (Wildman–Crippen LogP) is 2.81. The van der Waals surface area contributed by atoms with E-state index in [1.165, 1.54) is 23.3 Å². The van der Waals surface area contributed by atoms with Crippen LogP contribution in [0.1, 0.15) is 6.04 Å². The number of halogens is 4. The van der Waals surface area contributed by atoms with Crippen molar-refractivity contribution in [3.63, 3.8) is 0 Å². The number of nitrogens with zero attached hydrogens (tertiary/aromatic N) is 4. The first-order chi connectivity index (χ1) is 15.3. The quantitative estimate of drug-likeness (QED) is 0.417. The van der Waals surface area contributed by atoms with Crippen LogP contribution in [0.2, 0.25) is 5.02 Å². The second-order valence-corrected chi connectivity index (χ2v) is 9.39. The van der Waals surface area contributed by atoms with Gasteiger partial charge in [-0.15, -0.1) is 5.10 Å². The van der Waals surface area contributed by atoms with Gasteiger partial charge in [0.2, 0.25) is 0 Å². The van der Waals surface area contributed by atoms with Crippen molar-refractivity contribution in [2.75, 3.05) is 6.61 Å². The molecule has 170 valence electrons. The Balaban J connectivity index is 1.64. The minimum Gasteiger partial charge on any atom is -0.394 e. The number of aliphatic hydroxyl groups is 3. The van der Waals surface area contributed by atoms with Gasteiger partial charge in [-0.2, -0.15) is 0 Å². The molecule has 1 aliphatic heterocycles. The molecule has 4 rings (SSSR count). The molecule has 32 heavy (non-hydrogen) atoms. The molecule has 1 saturated heterocycles. The minimum atomic E-state index is -1.34. The Morgan fingerprint density at radius 2 is 1.88 bits per heavy atom. The van der Waals surface area contributed by atoms with Crippen molar-refractivity contribution in [3.8, 4) is 11.3 Å². The van der Waals surface area contributed by atoms with Crippen LogP contribution in [-0.2, 0) is 4.74 Å². The molecule has 0 spiro atoms. The molecule has 1 fully saturated rings. The molecule has 8 nitrogen and oxygen atoms in total. The van der Waals surface area contributed by atoms with E-state index < -0.39 is 48.0 Å². The molecule has 1 aliphatic rings. The molecule has 0 radical (unpaired) electrons. The molecule has 0 bridgehead atoms. The molecule has 1 aromatic carbocycles. The highest BCUT2D eigenvalue weighted by Gasteiger charge is 2.46. The number of hydrogen-bond acceptors (Lipinski definition) is 8. The van der Waals surface area contributed by atoms with Crippen LogP contribution in [0.15, 0.2) is 46.2 Å². The molecule has 0 amide bonds. The molecule has 5 atom stereocenters. The average molecular weight is 550 g/mol. The van der Waals surface area contributed by atoms with Crippen molar-refractivity contribution in [3.05, 3.63) is 57.9 Å². The monoisotopic (exact) mass is 548 g/mol. The lowest BCUT2D eigenvalue weighted by Crippen LogP contribution is -2.55. The normalized spacial score (nSPS) is 25.8. The number of benzene rings is 1. The number of pyridine rings is 1. The average Bonchev–Trinajstić information content (AvgIpc) is 3.23. The Morgan fingerprint density at radius 1 is 1.16 bits per heavy atom. The second-order valence-electron chi connectivity index (χ2n) is 6.99. The van der Waals surface area contributed by atoms with Crippen LogP contribution in [0.25, 0.3) is 11.3 Å². The Kier molecular flexibility index (Phi) is 7.10. The van der Waals surface area contributed by atoms with Crippen LogP contribution in [0.4, 0.5) is 8.78 Å². The Hall–Kier alpha value is -1.67. The maximum Gasteiger partial charge on any atom is 0.141 e. The summed E-state index contributed by atoms with van der Waals surface area (Å²) in [5, 5.41) is 39.5.